The van der Waals surface area contributed by atoms with Gasteiger partial charge in [0.25, 0.3) is 5.91 Å². The van der Waals surface area contributed by atoms with Crippen molar-refractivity contribution in [3.63, 3.8) is 0 Å². The average molecular weight is 576 g/mol. The molecule has 3 atom stereocenters. The second kappa shape index (κ2) is 13.4. The Morgan fingerprint density at radius 2 is 1.50 bits per heavy atom. The first-order chi connectivity index (χ1) is 20.1. The number of ether oxygens (including phenoxy) is 2. The third kappa shape index (κ3) is 7.29. The van der Waals surface area contributed by atoms with Crippen molar-refractivity contribution in [3.05, 3.63) is 95.6 Å². The van der Waals surface area contributed by atoms with Gasteiger partial charge in [0.05, 0.1) is 13.2 Å². The van der Waals surface area contributed by atoms with E-state index >= 15 is 0 Å². The van der Waals surface area contributed by atoms with Crippen LogP contribution in [-0.2, 0) is 25.8 Å². The summed E-state index contributed by atoms with van der Waals surface area (Å²) in [4.78, 5) is 61.8. The summed E-state index contributed by atoms with van der Waals surface area (Å²) < 4.78 is 11.1. The predicted molar refractivity (Wildman–Crippen MR) is 148 cm³/mol. The van der Waals surface area contributed by atoms with Gasteiger partial charge in [-0.25, -0.2) is 4.79 Å². The minimum absolute atomic E-state index is 0.0451. The zero-order valence-corrected chi connectivity index (χ0v) is 22.3. The molecule has 1 aliphatic rings. The number of likely N-dealkylation sites (tertiary alicyclic amines) is 1. The van der Waals surface area contributed by atoms with Crippen molar-refractivity contribution in [2.45, 2.75) is 31.2 Å². The SMILES string of the molecule is NC(CCOc1ccc(C(=O)C(=O)NC2CN(C(C(=O)O)c3ccc(OCc4ccccc4)cc3)C2=O)cc1)C(=O)O. The number of aliphatic carboxylic acids is 2. The van der Waals surface area contributed by atoms with E-state index in [1.54, 1.807) is 24.3 Å². The van der Waals surface area contributed by atoms with Gasteiger partial charge in [-0.3, -0.25) is 19.2 Å². The Morgan fingerprint density at radius 1 is 0.881 bits per heavy atom. The van der Waals surface area contributed by atoms with Crippen LogP contribution in [0.2, 0.25) is 0 Å². The molecule has 1 aliphatic heterocycles. The Morgan fingerprint density at radius 3 is 2.10 bits per heavy atom. The number of nitrogens with one attached hydrogen (secondary N) is 1. The first-order valence-electron chi connectivity index (χ1n) is 13.0. The number of carbonyl (C=O) groups excluding carboxylic acids is 3. The van der Waals surface area contributed by atoms with Crippen molar-refractivity contribution in [2.24, 2.45) is 5.73 Å². The number of amides is 2. The fourth-order valence-electron chi connectivity index (χ4n) is 4.22. The van der Waals surface area contributed by atoms with Crippen molar-refractivity contribution < 1.29 is 43.7 Å². The Labute approximate surface area is 240 Å². The van der Waals surface area contributed by atoms with Crippen LogP contribution in [0.25, 0.3) is 0 Å². The summed E-state index contributed by atoms with van der Waals surface area (Å²) in [6, 6.07) is 18.1. The number of nitrogens with two attached hydrogens (primary N) is 1. The Hall–Kier alpha value is -5.23. The molecule has 1 saturated heterocycles. The van der Waals surface area contributed by atoms with Gasteiger partial charge >= 0.3 is 11.9 Å². The molecule has 0 radical (unpaired) electrons. The molecule has 4 rings (SSSR count). The average Bonchev–Trinajstić information content (AvgIpc) is 2.99. The topological polar surface area (TPSA) is 186 Å². The quantitative estimate of drug-likeness (QED) is 0.125. The molecule has 0 spiro atoms. The van der Waals surface area contributed by atoms with Gasteiger partial charge in [0.15, 0.2) is 6.04 Å². The van der Waals surface area contributed by atoms with Crippen LogP contribution in [0.15, 0.2) is 78.9 Å². The molecule has 2 amide bonds. The van der Waals surface area contributed by atoms with Crippen LogP contribution >= 0.6 is 0 Å². The summed E-state index contributed by atoms with van der Waals surface area (Å²) in [5.74, 6) is -4.03. The molecule has 3 aromatic carbocycles. The molecule has 12 heteroatoms. The van der Waals surface area contributed by atoms with Gasteiger partial charge in [0.2, 0.25) is 11.7 Å². The third-order valence-electron chi connectivity index (χ3n) is 6.59. The fourth-order valence-corrected chi connectivity index (χ4v) is 4.22. The second-order valence-corrected chi connectivity index (χ2v) is 9.54. The van der Waals surface area contributed by atoms with E-state index in [1.165, 1.54) is 24.3 Å². The molecular weight excluding hydrogens is 546 g/mol. The van der Waals surface area contributed by atoms with Gasteiger partial charge in [0, 0.05) is 12.0 Å². The highest BCUT2D eigenvalue weighted by Gasteiger charge is 2.45. The summed E-state index contributed by atoms with van der Waals surface area (Å²) in [6.45, 7) is 0.298. The van der Waals surface area contributed by atoms with E-state index in [0.29, 0.717) is 23.7 Å². The van der Waals surface area contributed by atoms with Crippen LogP contribution in [0.1, 0.15) is 33.9 Å². The molecule has 0 aromatic heterocycles. The van der Waals surface area contributed by atoms with Gasteiger partial charge in [-0.15, -0.1) is 0 Å². The minimum Gasteiger partial charge on any atom is -0.494 e. The highest BCUT2D eigenvalue weighted by Crippen LogP contribution is 2.29. The maximum Gasteiger partial charge on any atom is 0.331 e. The molecule has 5 N–H and O–H groups in total. The number of carboxylic acid groups (broad SMARTS) is 2. The van der Waals surface area contributed by atoms with Crippen molar-refractivity contribution in [2.75, 3.05) is 13.2 Å². The van der Waals surface area contributed by atoms with Crippen molar-refractivity contribution in [3.8, 4) is 11.5 Å². The number of nitrogens with zero attached hydrogens (tertiary/aromatic N) is 1. The first kappa shape index (κ1) is 29.7. The van der Waals surface area contributed by atoms with E-state index in [-0.39, 0.29) is 25.1 Å². The molecule has 3 unspecified atom stereocenters. The van der Waals surface area contributed by atoms with E-state index in [2.05, 4.69) is 5.32 Å². The smallest absolute Gasteiger partial charge is 0.331 e. The molecular formula is C30H29N3O9. The maximum absolute atomic E-state index is 12.8. The summed E-state index contributed by atoms with van der Waals surface area (Å²) >= 11 is 0. The lowest BCUT2D eigenvalue weighted by Gasteiger charge is -2.42. The molecule has 1 heterocycles. The molecule has 0 saturated carbocycles. The van der Waals surface area contributed by atoms with Crippen molar-refractivity contribution >= 4 is 29.5 Å². The molecule has 218 valence electrons. The summed E-state index contributed by atoms with van der Waals surface area (Å²) in [6.07, 6.45) is 0.0854. The van der Waals surface area contributed by atoms with E-state index in [1.807, 2.05) is 30.3 Å². The lowest BCUT2D eigenvalue weighted by molar-refractivity contribution is -0.160. The Bertz CT molecular complexity index is 1440. The highest BCUT2D eigenvalue weighted by atomic mass is 16.5. The van der Waals surface area contributed by atoms with Crippen LogP contribution < -0.4 is 20.5 Å². The van der Waals surface area contributed by atoms with E-state index < -0.39 is 47.7 Å². The highest BCUT2D eigenvalue weighted by molar-refractivity contribution is 6.43. The van der Waals surface area contributed by atoms with Gasteiger partial charge in [-0.2, -0.15) is 0 Å². The lowest BCUT2D eigenvalue weighted by Crippen LogP contribution is -2.66. The summed E-state index contributed by atoms with van der Waals surface area (Å²) in [5, 5.41) is 21.0. The molecule has 3 aromatic rings. The van der Waals surface area contributed by atoms with E-state index in [4.69, 9.17) is 20.3 Å². The van der Waals surface area contributed by atoms with Gasteiger partial charge in [-0.05, 0) is 47.5 Å². The zero-order chi connectivity index (χ0) is 30.2. The normalized spacial score (nSPS) is 15.6. The second-order valence-electron chi connectivity index (χ2n) is 9.54. The van der Waals surface area contributed by atoms with Crippen LogP contribution in [0.5, 0.6) is 11.5 Å². The zero-order valence-electron chi connectivity index (χ0n) is 22.3. The number of Topliss-reactive ketones (excluding diaryl/α,β-unsaturated/α-hetero) is 1. The minimum atomic E-state index is -1.28. The molecule has 12 nitrogen and oxygen atoms in total. The number of hydrogen-bond donors (Lipinski definition) is 4. The maximum atomic E-state index is 12.8. The fraction of sp³-hybridized carbons (Fsp3) is 0.233. The number of carboxylic acids is 2. The summed E-state index contributed by atoms with van der Waals surface area (Å²) in [5.41, 5.74) is 6.79. The number of ketones is 1. The number of hydrogen-bond acceptors (Lipinski definition) is 8. The van der Waals surface area contributed by atoms with E-state index in [0.717, 1.165) is 10.5 Å². The van der Waals surface area contributed by atoms with Gasteiger partial charge in [0.1, 0.15) is 30.2 Å². The monoisotopic (exact) mass is 575 g/mol. The number of carbonyl (C=O) groups is 5. The Balaban J connectivity index is 1.28. The van der Waals surface area contributed by atoms with Crippen LogP contribution in [-0.4, -0.2) is 69.9 Å². The van der Waals surface area contributed by atoms with Crippen molar-refractivity contribution in [1.82, 2.24) is 10.2 Å². The molecule has 0 aliphatic carbocycles. The first-order valence-corrected chi connectivity index (χ1v) is 13.0. The number of β-lactam (4-membered cyclic amide) rings is 1. The molecule has 42 heavy (non-hydrogen) atoms. The van der Waals surface area contributed by atoms with Gasteiger partial charge in [-0.1, -0.05) is 42.5 Å². The lowest BCUT2D eigenvalue weighted by atomic mass is 9.98. The summed E-state index contributed by atoms with van der Waals surface area (Å²) in [7, 11) is 0. The van der Waals surface area contributed by atoms with Crippen molar-refractivity contribution in [1.29, 1.82) is 0 Å². The van der Waals surface area contributed by atoms with Crippen LogP contribution in [0.4, 0.5) is 0 Å². The molecule has 0 bridgehead atoms. The predicted octanol–water partition coefficient (Wildman–Crippen LogP) is 1.78. The standard InChI is InChI=1S/C30H29N3O9/c31-23(29(37)38)14-15-41-21-12-8-20(9-13-21)26(34)27(35)32-24-16-33(28(24)36)25(30(39)40)19-6-10-22(11-7-19)42-17-18-4-2-1-3-5-18/h1-13,23-25H,14-17,31H2,(H,32,35)(H,37,38)(H,39,40). The third-order valence-corrected chi connectivity index (χ3v) is 6.59. The van der Waals surface area contributed by atoms with Gasteiger partial charge < -0.3 is 35.6 Å². The van der Waals surface area contributed by atoms with Crippen LogP contribution in [0, 0.1) is 0 Å². The largest absolute Gasteiger partial charge is 0.494 e. The van der Waals surface area contributed by atoms with Crippen LogP contribution in [0.3, 0.4) is 0 Å². The molecule has 1 fully saturated rings. The Kier molecular flexibility index (Phi) is 9.50. The van der Waals surface area contributed by atoms with E-state index in [9.17, 15) is 29.1 Å². The number of rotatable bonds is 14. The number of benzene rings is 3.